The van der Waals surface area contributed by atoms with Crippen LogP contribution < -0.4 is 10.4 Å². The Balaban J connectivity index is 1.72. The predicted octanol–water partition coefficient (Wildman–Crippen LogP) is 5.19. The Morgan fingerprint density at radius 3 is 2.59 bits per heavy atom. The predicted molar refractivity (Wildman–Crippen MR) is 110 cm³/mol. The number of benzene rings is 2. The smallest absolute Gasteiger partial charge is 0.0741 e. The van der Waals surface area contributed by atoms with Crippen molar-refractivity contribution in [1.82, 2.24) is 4.98 Å². The van der Waals surface area contributed by atoms with Gasteiger partial charge in [-0.3, -0.25) is 4.98 Å². The van der Waals surface area contributed by atoms with E-state index in [-0.39, 0.29) is 6.61 Å². The van der Waals surface area contributed by atoms with Gasteiger partial charge in [0, 0.05) is 27.7 Å². The summed E-state index contributed by atoms with van der Waals surface area (Å²) in [6.07, 6.45) is 3.65. The second kappa shape index (κ2) is 7.89. The summed E-state index contributed by atoms with van der Waals surface area (Å²) in [4.78, 5) is 4.85. The molecule has 3 aromatic rings. The van der Waals surface area contributed by atoms with E-state index in [1.54, 1.807) is 12.1 Å². The van der Waals surface area contributed by atoms with Gasteiger partial charge in [-0.25, -0.2) is 0 Å². The van der Waals surface area contributed by atoms with Crippen molar-refractivity contribution in [3.63, 3.8) is 0 Å². The van der Waals surface area contributed by atoms with Crippen molar-refractivity contribution in [1.29, 1.82) is 0 Å². The molecular weight excluding hydrogens is 379 g/mol. The van der Waals surface area contributed by atoms with Crippen molar-refractivity contribution < 1.29 is 5.11 Å². The zero-order valence-electron chi connectivity index (χ0n) is 14.8. The van der Waals surface area contributed by atoms with E-state index in [1.807, 2.05) is 36.4 Å². The van der Waals surface area contributed by atoms with Gasteiger partial charge in [-0.05, 0) is 73.2 Å². The molecule has 4 rings (SSSR count). The summed E-state index contributed by atoms with van der Waals surface area (Å²) in [7, 11) is 0. The second-order valence-electron chi connectivity index (χ2n) is 6.73. The first kappa shape index (κ1) is 18.3. The molecule has 0 saturated carbocycles. The fraction of sp³-hybridized carbons (Fsp3) is 0.227. The summed E-state index contributed by atoms with van der Waals surface area (Å²) in [6.45, 7) is -0.0889. The number of pyridine rings is 1. The lowest BCUT2D eigenvalue weighted by molar-refractivity contribution is -0.366. The van der Waals surface area contributed by atoms with Crippen molar-refractivity contribution in [3.8, 4) is 11.3 Å². The van der Waals surface area contributed by atoms with E-state index in [2.05, 4.69) is 5.32 Å². The van der Waals surface area contributed by atoms with E-state index in [1.165, 1.54) is 5.56 Å². The number of hydrogen-bond acceptors (Lipinski definition) is 3. The Labute approximate surface area is 169 Å². The van der Waals surface area contributed by atoms with Gasteiger partial charge in [-0.1, -0.05) is 35.3 Å². The van der Waals surface area contributed by atoms with E-state index in [9.17, 15) is 5.11 Å². The SMILES string of the molecule is [O-]CCc1ccc(Nc2cc(-c3cc(Cl)ccc3Cl)nc3c2CCC3)cc1. The average Bonchev–Trinajstić information content (AvgIpc) is 3.14. The van der Waals surface area contributed by atoms with Gasteiger partial charge in [-0.15, -0.1) is 6.61 Å². The van der Waals surface area contributed by atoms with E-state index in [0.717, 1.165) is 53.2 Å². The Hall–Kier alpha value is -2.07. The van der Waals surface area contributed by atoms with Crippen molar-refractivity contribution in [2.24, 2.45) is 0 Å². The molecule has 0 unspecified atom stereocenters. The van der Waals surface area contributed by atoms with Crippen LogP contribution in [0.5, 0.6) is 0 Å². The summed E-state index contributed by atoms with van der Waals surface area (Å²) >= 11 is 12.6. The molecule has 0 saturated heterocycles. The lowest BCUT2D eigenvalue weighted by atomic mass is 10.1. The summed E-state index contributed by atoms with van der Waals surface area (Å²) in [5.74, 6) is 0. The molecule has 0 bridgehead atoms. The molecule has 27 heavy (non-hydrogen) atoms. The Morgan fingerprint density at radius 1 is 1.00 bits per heavy atom. The van der Waals surface area contributed by atoms with E-state index >= 15 is 0 Å². The molecule has 0 spiro atoms. The Morgan fingerprint density at radius 2 is 1.81 bits per heavy atom. The average molecular weight is 398 g/mol. The van der Waals surface area contributed by atoms with Gasteiger partial charge in [0.1, 0.15) is 0 Å². The quantitative estimate of drug-likeness (QED) is 0.644. The van der Waals surface area contributed by atoms with E-state index < -0.39 is 0 Å². The van der Waals surface area contributed by atoms with Gasteiger partial charge >= 0.3 is 0 Å². The molecule has 1 aliphatic rings. The number of nitrogens with one attached hydrogen (secondary N) is 1. The number of nitrogens with zero attached hydrogens (tertiary/aromatic N) is 1. The van der Waals surface area contributed by atoms with Gasteiger partial charge < -0.3 is 10.4 Å². The lowest BCUT2D eigenvalue weighted by Gasteiger charge is -2.15. The molecule has 5 heteroatoms. The lowest BCUT2D eigenvalue weighted by Crippen LogP contribution is -2.08. The molecule has 0 radical (unpaired) electrons. The maximum absolute atomic E-state index is 10.8. The molecule has 1 heterocycles. The first-order chi connectivity index (χ1) is 13.1. The minimum absolute atomic E-state index is 0.0889. The van der Waals surface area contributed by atoms with Crippen LogP contribution in [0.1, 0.15) is 23.2 Å². The minimum Gasteiger partial charge on any atom is -0.854 e. The van der Waals surface area contributed by atoms with Gasteiger partial charge in [0.05, 0.1) is 10.7 Å². The first-order valence-electron chi connectivity index (χ1n) is 9.06. The van der Waals surface area contributed by atoms with Crippen molar-refractivity contribution in [2.75, 3.05) is 11.9 Å². The van der Waals surface area contributed by atoms with Crippen LogP contribution in [0.3, 0.4) is 0 Å². The number of anilines is 2. The third-order valence-electron chi connectivity index (χ3n) is 4.88. The number of rotatable bonds is 5. The van der Waals surface area contributed by atoms with Gasteiger partial charge in [-0.2, -0.15) is 0 Å². The fourth-order valence-corrected chi connectivity index (χ4v) is 3.90. The van der Waals surface area contributed by atoms with Gasteiger partial charge in [0.25, 0.3) is 0 Å². The largest absolute Gasteiger partial charge is 0.854 e. The third-order valence-corrected chi connectivity index (χ3v) is 5.44. The van der Waals surface area contributed by atoms with Crippen LogP contribution in [0.15, 0.2) is 48.5 Å². The maximum Gasteiger partial charge on any atom is 0.0741 e. The molecule has 0 aliphatic heterocycles. The number of aryl methyl sites for hydroxylation is 1. The number of aromatic nitrogens is 1. The monoisotopic (exact) mass is 397 g/mol. The highest BCUT2D eigenvalue weighted by molar-refractivity contribution is 6.35. The first-order valence-corrected chi connectivity index (χ1v) is 9.82. The molecule has 0 amide bonds. The van der Waals surface area contributed by atoms with Gasteiger partial charge in [0.15, 0.2) is 0 Å². The molecule has 3 nitrogen and oxygen atoms in total. The second-order valence-corrected chi connectivity index (χ2v) is 7.58. The Kier molecular flexibility index (Phi) is 5.35. The molecular formula is C22H19Cl2N2O-. The van der Waals surface area contributed by atoms with Crippen LogP contribution in [-0.2, 0) is 19.3 Å². The minimum atomic E-state index is -0.0889. The molecule has 1 aliphatic carbocycles. The highest BCUT2D eigenvalue weighted by Crippen LogP contribution is 2.36. The third kappa shape index (κ3) is 3.96. The van der Waals surface area contributed by atoms with Gasteiger partial charge in [0.2, 0.25) is 0 Å². The summed E-state index contributed by atoms with van der Waals surface area (Å²) in [5, 5.41) is 15.6. The summed E-state index contributed by atoms with van der Waals surface area (Å²) in [6, 6.07) is 15.5. The maximum atomic E-state index is 10.8. The zero-order chi connectivity index (χ0) is 18.8. The molecule has 2 aromatic carbocycles. The highest BCUT2D eigenvalue weighted by Gasteiger charge is 2.19. The van der Waals surface area contributed by atoms with Crippen LogP contribution in [-0.4, -0.2) is 11.6 Å². The van der Waals surface area contributed by atoms with E-state index in [0.29, 0.717) is 16.5 Å². The molecule has 1 N–H and O–H groups in total. The normalized spacial score (nSPS) is 12.9. The molecule has 1 aromatic heterocycles. The van der Waals surface area contributed by atoms with Crippen LogP contribution in [0, 0.1) is 0 Å². The van der Waals surface area contributed by atoms with Crippen LogP contribution in [0.4, 0.5) is 11.4 Å². The van der Waals surface area contributed by atoms with Crippen molar-refractivity contribution >= 4 is 34.6 Å². The van der Waals surface area contributed by atoms with Crippen molar-refractivity contribution in [3.05, 3.63) is 75.4 Å². The van der Waals surface area contributed by atoms with Crippen molar-refractivity contribution in [2.45, 2.75) is 25.7 Å². The zero-order valence-corrected chi connectivity index (χ0v) is 16.3. The van der Waals surface area contributed by atoms with E-state index in [4.69, 9.17) is 28.2 Å². The topological polar surface area (TPSA) is 48.0 Å². The highest BCUT2D eigenvalue weighted by atomic mass is 35.5. The number of fused-ring (bicyclic) bond motifs is 1. The molecule has 0 fully saturated rings. The Bertz CT molecular complexity index is 971. The summed E-state index contributed by atoms with van der Waals surface area (Å²) < 4.78 is 0. The number of halogens is 2. The number of hydrogen-bond donors (Lipinski definition) is 1. The molecule has 138 valence electrons. The fourth-order valence-electron chi connectivity index (χ4n) is 3.51. The van der Waals surface area contributed by atoms with Crippen LogP contribution in [0.25, 0.3) is 11.3 Å². The molecule has 0 atom stereocenters. The van der Waals surface area contributed by atoms with Crippen LogP contribution >= 0.6 is 23.2 Å². The standard InChI is InChI=1S/C22H19Cl2N2O/c23-15-6-9-19(24)18(12-15)22-13-21(17-2-1-3-20(17)26-22)25-16-7-4-14(5-8-16)10-11-27/h4-9,12-13H,1-3,10-11H2,(H,25,26)/q-1. The summed E-state index contributed by atoms with van der Waals surface area (Å²) in [5.41, 5.74) is 7.16. The van der Waals surface area contributed by atoms with Crippen LogP contribution in [0.2, 0.25) is 10.0 Å².